The van der Waals surface area contributed by atoms with Gasteiger partial charge >= 0.3 is 12.2 Å². The first-order valence-electron chi connectivity index (χ1n) is 7.23. The van der Waals surface area contributed by atoms with Crippen LogP contribution in [-0.4, -0.2) is 35.1 Å². The minimum atomic E-state index is -4.52. The Balaban J connectivity index is 1.56. The molecular formula is C16H14F3N3O2. The number of likely N-dealkylation sites (tertiary alicyclic amines) is 1. The van der Waals surface area contributed by atoms with Crippen LogP contribution in [0.2, 0.25) is 0 Å². The molecule has 0 unspecified atom stereocenters. The number of ether oxygens (including phenoxy) is 1. The highest BCUT2D eigenvalue weighted by Gasteiger charge is 2.36. The smallest absolute Gasteiger partial charge is 0.418 e. The van der Waals surface area contributed by atoms with Gasteiger partial charge in [-0.3, -0.25) is 0 Å². The third-order valence-corrected chi connectivity index (χ3v) is 3.53. The number of aromatic nitrogens is 1. The summed E-state index contributed by atoms with van der Waals surface area (Å²) in [7, 11) is 0. The second-order valence-electron chi connectivity index (χ2n) is 5.29. The second-order valence-corrected chi connectivity index (χ2v) is 5.29. The molecule has 2 heterocycles. The largest absolute Gasteiger partial charge is 0.471 e. The number of nitrogens with one attached hydrogen (secondary N) is 1. The normalized spacial score (nSPS) is 14.9. The van der Waals surface area contributed by atoms with Crippen LogP contribution in [-0.2, 0) is 6.18 Å². The lowest BCUT2D eigenvalue weighted by Gasteiger charge is -2.38. The molecule has 1 N–H and O–H groups in total. The summed E-state index contributed by atoms with van der Waals surface area (Å²) in [5.74, 6) is 0.449. The number of nitrogens with zero attached hydrogens (tertiary/aromatic N) is 2. The van der Waals surface area contributed by atoms with Gasteiger partial charge in [0.1, 0.15) is 6.10 Å². The van der Waals surface area contributed by atoms with Crippen molar-refractivity contribution in [1.82, 2.24) is 9.88 Å². The number of urea groups is 1. The predicted octanol–water partition coefficient (Wildman–Crippen LogP) is 3.40. The van der Waals surface area contributed by atoms with Crippen LogP contribution < -0.4 is 10.1 Å². The number of carbonyl (C=O) groups is 1. The first kappa shape index (κ1) is 16.1. The zero-order valence-electron chi connectivity index (χ0n) is 12.5. The lowest BCUT2D eigenvalue weighted by atomic mass is 10.1. The van der Waals surface area contributed by atoms with Crippen molar-refractivity contribution in [1.29, 1.82) is 0 Å². The zero-order chi connectivity index (χ0) is 17.2. The first-order valence-corrected chi connectivity index (χ1v) is 7.23. The fourth-order valence-electron chi connectivity index (χ4n) is 2.30. The molecule has 0 bridgehead atoms. The number of amides is 2. The molecule has 1 aromatic carbocycles. The van der Waals surface area contributed by atoms with Gasteiger partial charge in [0.2, 0.25) is 5.88 Å². The van der Waals surface area contributed by atoms with Crippen molar-refractivity contribution in [2.75, 3.05) is 18.4 Å². The summed E-state index contributed by atoms with van der Waals surface area (Å²) >= 11 is 0. The van der Waals surface area contributed by atoms with E-state index in [2.05, 4.69) is 10.3 Å². The van der Waals surface area contributed by atoms with Gasteiger partial charge in [0.15, 0.2) is 0 Å². The topological polar surface area (TPSA) is 54.5 Å². The number of carbonyl (C=O) groups excluding carboxylic acids is 1. The average Bonchev–Trinajstić information content (AvgIpc) is 2.51. The highest BCUT2D eigenvalue weighted by atomic mass is 19.4. The highest BCUT2D eigenvalue weighted by Crippen LogP contribution is 2.34. The Morgan fingerprint density at radius 1 is 1.17 bits per heavy atom. The van der Waals surface area contributed by atoms with E-state index in [1.165, 1.54) is 23.1 Å². The fourth-order valence-corrected chi connectivity index (χ4v) is 2.30. The minimum absolute atomic E-state index is 0.219. The molecule has 24 heavy (non-hydrogen) atoms. The summed E-state index contributed by atoms with van der Waals surface area (Å²) in [5.41, 5.74) is -1.13. The van der Waals surface area contributed by atoms with Crippen molar-refractivity contribution in [2.24, 2.45) is 0 Å². The van der Waals surface area contributed by atoms with E-state index in [4.69, 9.17) is 4.74 Å². The molecule has 0 spiro atoms. The number of pyridine rings is 1. The van der Waals surface area contributed by atoms with Gasteiger partial charge in [0.25, 0.3) is 0 Å². The Morgan fingerprint density at radius 3 is 2.54 bits per heavy atom. The van der Waals surface area contributed by atoms with Crippen LogP contribution in [0.4, 0.5) is 23.7 Å². The van der Waals surface area contributed by atoms with Gasteiger partial charge in [-0.2, -0.15) is 13.2 Å². The van der Waals surface area contributed by atoms with E-state index < -0.39 is 17.8 Å². The molecule has 3 rings (SSSR count). The Bertz CT molecular complexity index is 716. The lowest BCUT2D eigenvalue weighted by Crippen LogP contribution is -2.57. The van der Waals surface area contributed by atoms with Gasteiger partial charge in [-0.25, -0.2) is 9.78 Å². The zero-order valence-corrected chi connectivity index (χ0v) is 12.5. The van der Waals surface area contributed by atoms with Gasteiger partial charge in [-0.05, 0) is 18.2 Å². The van der Waals surface area contributed by atoms with Gasteiger partial charge < -0.3 is 15.0 Å². The lowest BCUT2D eigenvalue weighted by molar-refractivity contribution is -0.136. The van der Waals surface area contributed by atoms with E-state index in [1.807, 2.05) is 0 Å². The third-order valence-electron chi connectivity index (χ3n) is 3.53. The molecular weight excluding hydrogens is 323 g/mol. The van der Waals surface area contributed by atoms with Gasteiger partial charge in [0, 0.05) is 12.3 Å². The number of hydrogen-bond acceptors (Lipinski definition) is 3. The number of rotatable bonds is 3. The number of halogens is 3. The maximum atomic E-state index is 12.9. The van der Waals surface area contributed by atoms with E-state index in [1.54, 1.807) is 24.4 Å². The Morgan fingerprint density at radius 2 is 1.88 bits per heavy atom. The van der Waals surface area contributed by atoms with Crippen LogP contribution in [0.1, 0.15) is 5.56 Å². The van der Waals surface area contributed by atoms with Crippen LogP contribution in [0.5, 0.6) is 5.88 Å². The summed E-state index contributed by atoms with van der Waals surface area (Å²) in [6, 6.07) is 9.51. The second kappa shape index (κ2) is 6.38. The molecule has 0 atom stereocenters. The van der Waals surface area contributed by atoms with E-state index in [-0.39, 0.29) is 24.9 Å². The van der Waals surface area contributed by atoms with E-state index >= 15 is 0 Å². The van der Waals surface area contributed by atoms with Crippen molar-refractivity contribution >= 4 is 11.7 Å². The number of para-hydroxylation sites is 1. The molecule has 1 fully saturated rings. The quantitative estimate of drug-likeness (QED) is 0.934. The molecule has 0 saturated carbocycles. The summed E-state index contributed by atoms with van der Waals surface area (Å²) in [6.07, 6.45) is -3.15. The van der Waals surface area contributed by atoms with Crippen molar-refractivity contribution in [3.05, 3.63) is 54.2 Å². The third kappa shape index (κ3) is 3.58. The Labute approximate surface area is 136 Å². The summed E-state index contributed by atoms with van der Waals surface area (Å²) in [6.45, 7) is 0.577. The van der Waals surface area contributed by atoms with Gasteiger partial charge in [0.05, 0.1) is 24.3 Å². The van der Waals surface area contributed by atoms with Crippen molar-refractivity contribution in [3.63, 3.8) is 0 Å². The average molecular weight is 337 g/mol. The summed E-state index contributed by atoms with van der Waals surface area (Å²) < 4.78 is 44.3. The first-order chi connectivity index (χ1) is 11.4. The molecule has 1 saturated heterocycles. The minimum Gasteiger partial charge on any atom is -0.471 e. The molecule has 2 amide bonds. The van der Waals surface area contributed by atoms with Crippen molar-refractivity contribution in [3.8, 4) is 5.88 Å². The van der Waals surface area contributed by atoms with Crippen LogP contribution in [0.25, 0.3) is 0 Å². The number of benzene rings is 1. The molecule has 0 radical (unpaired) electrons. The Hall–Kier alpha value is -2.77. The monoisotopic (exact) mass is 337 g/mol. The maximum absolute atomic E-state index is 12.9. The van der Waals surface area contributed by atoms with Crippen molar-refractivity contribution < 1.29 is 22.7 Å². The molecule has 1 aliphatic rings. The van der Waals surface area contributed by atoms with Gasteiger partial charge in [-0.1, -0.05) is 18.2 Å². The molecule has 0 aliphatic carbocycles. The molecule has 126 valence electrons. The van der Waals surface area contributed by atoms with E-state index in [0.29, 0.717) is 5.88 Å². The standard InChI is InChI=1S/C16H14F3N3O2/c17-16(18,19)12-5-1-2-6-13(12)21-15(23)22-9-11(10-22)24-14-7-3-4-8-20-14/h1-8,11H,9-10H2,(H,21,23). The Kier molecular flexibility index (Phi) is 4.28. The van der Waals surface area contributed by atoms with Crippen LogP contribution >= 0.6 is 0 Å². The number of hydrogen-bond donors (Lipinski definition) is 1. The maximum Gasteiger partial charge on any atom is 0.418 e. The molecule has 5 nitrogen and oxygen atoms in total. The fraction of sp³-hybridized carbons (Fsp3) is 0.250. The van der Waals surface area contributed by atoms with Crippen molar-refractivity contribution in [2.45, 2.75) is 12.3 Å². The van der Waals surface area contributed by atoms with Crippen LogP contribution in [0.15, 0.2) is 48.7 Å². The van der Waals surface area contributed by atoms with Crippen LogP contribution in [0.3, 0.4) is 0 Å². The summed E-state index contributed by atoms with van der Waals surface area (Å²) in [5, 5.41) is 2.30. The van der Waals surface area contributed by atoms with E-state index in [0.717, 1.165) is 6.07 Å². The molecule has 8 heteroatoms. The van der Waals surface area contributed by atoms with Crippen LogP contribution in [0, 0.1) is 0 Å². The number of alkyl halides is 3. The predicted molar refractivity (Wildman–Crippen MR) is 80.7 cm³/mol. The number of anilines is 1. The highest BCUT2D eigenvalue weighted by molar-refractivity contribution is 5.90. The molecule has 2 aromatic rings. The summed E-state index contributed by atoms with van der Waals surface area (Å²) in [4.78, 5) is 17.4. The van der Waals surface area contributed by atoms with Gasteiger partial charge in [-0.15, -0.1) is 0 Å². The molecule has 1 aliphatic heterocycles. The SMILES string of the molecule is O=C(Nc1ccccc1C(F)(F)F)N1CC(Oc2ccccn2)C1. The molecule has 1 aromatic heterocycles. The van der Waals surface area contributed by atoms with E-state index in [9.17, 15) is 18.0 Å².